The maximum Gasteiger partial charge on any atom is 0.232 e. The summed E-state index contributed by atoms with van der Waals surface area (Å²) in [5.41, 5.74) is 0.945. The summed E-state index contributed by atoms with van der Waals surface area (Å²) in [6.07, 6.45) is 4.43. The van der Waals surface area contributed by atoms with Crippen LogP contribution in [0.1, 0.15) is 12.8 Å². The second-order valence-corrected chi connectivity index (χ2v) is 5.65. The monoisotopic (exact) mass is 294 g/mol. The highest BCUT2D eigenvalue weighted by molar-refractivity contribution is 7.98. The molecule has 2 heterocycles. The minimum absolute atomic E-state index is 0.720. The molecule has 1 aliphatic rings. The topological polar surface area (TPSA) is 34.0 Å². The van der Waals surface area contributed by atoms with Crippen molar-refractivity contribution < 1.29 is 0 Å². The molecule has 6 heteroatoms. The van der Waals surface area contributed by atoms with Crippen LogP contribution >= 0.6 is 23.4 Å². The van der Waals surface area contributed by atoms with Gasteiger partial charge in [-0.05, 0) is 31.2 Å². The maximum atomic E-state index is 6.32. The van der Waals surface area contributed by atoms with Crippen molar-refractivity contribution >= 4 is 29.3 Å². The number of benzene rings is 1. The number of hydrogen-bond acceptors (Lipinski definition) is 4. The molecule has 0 atom stereocenters. The quantitative estimate of drug-likeness (QED) is 0.814. The number of anilines is 1. The second-order valence-electron chi connectivity index (χ2n) is 4.47. The van der Waals surface area contributed by atoms with Crippen molar-refractivity contribution in [2.75, 3.05) is 24.2 Å². The van der Waals surface area contributed by atoms with E-state index in [4.69, 9.17) is 11.6 Å². The number of para-hydroxylation sites is 1. The van der Waals surface area contributed by atoms with Gasteiger partial charge in [0.2, 0.25) is 5.95 Å². The minimum atomic E-state index is 0.720. The van der Waals surface area contributed by atoms with E-state index in [9.17, 15) is 0 Å². The van der Waals surface area contributed by atoms with Crippen LogP contribution in [0.15, 0.2) is 29.4 Å². The van der Waals surface area contributed by atoms with Crippen molar-refractivity contribution in [3.63, 3.8) is 0 Å². The second kappa shape index (κ2) is 5.43. The molecule has 0 unspecified atom stereocenters. The molecule has 3 rings (SSSR count). The predicted molar refractivity (Wildman–Crippen MR) is 79.6 cm³/mol. The summed E-state index contributed by atoms with van der Waals surface area (Å²) in [4.78, 5) is 2.27. The fourth-order valence-corrected chi connectivity index (χ4v) is 3.07. The molecule has 1 saturated heterocycles. The molecule has 1 aliphatic heterocycles. The smallest absolute Gasteiger partial charge is 0.232 e. The van der Waals surface area contributed by atoms with Crippen LogP contribution in [0.25, 0.3) is 5.69 Å². The van der Waals surface area contributed by atoms with Gasteiger partial charge in [0.15, 0.2) is 5.16 Å². The molecule has 0 N–H and O–H groups in total. The van der Waals surface area contributed by atoms with Crippen molar-refractivity contribution in [3.05, 3.63) is 29.3 Å². The Balaban J connectivity index is 2.12. The average molecular weight is 295 g/mol. The molecule has 0 amide bonds. The van der Waals surface area contributed by atoms with Crippen LogP contribution in [-0.4, -0.2) is 34.1 Å². The first-order chi connectivity index (χ1) is 9.31. The van der Waals surface area contributed by atoms with E-state index >= 15 is 0 Å². The SMILES string of the molecule is CSc1nnc(N2CCCC2)n1-c1ccccc1Cl. The molecule has 19 heavy (non-hydrogen) atoms. The van der Waals surface area contributed by atoms with E-state index in [-0.39, 0.29) is 0 Å². The van der Waals surface area contributed by atoms with Gasteiger partial charge >= 0.3 is 0 Å². The van der Waals surface area contributed by atoms with E-state index in [1.807, 2.05) is 30.5 Å². The van der Waals surface area contributed by atoms with Gasteiger partial charge in [0.1, 0.15) is 0 Å². The van der Waals surface area contributed by atoms with E-state index in [0.717, 1.165) is 34.9 Å². The molecule has 0 saturated carbocycles. The fraction of sp³-hybridized carbons (Fsp3) is 0.385. The Morgan fingerprint density at radius 1 is 1.16 bits per heavy atom. The summed E-state index contributed by atoms with van der Waals surface area (Å²) >= 11 is 7.90. The summed E-state index contributed by atoms with van der Waals surface area (Å²) in [7, 11) is 0. The summed E-state index contributed by atoms with van der Waals surface area (Å²) in [6, 6.07) is 7.82. The lowest BCUT2D eigenvalue weighted by molar-refractivity contribution is 0.842. The van der Waals surface area contributed by atoms with Gasteiger partial charge in [-0.3, -0.25) is 4.57 Å². The first kappa shape index (κ1) is 12.8. The van der Waals surface area contributed by atoms with E-state index in [1.54, 1.807) is 11.8 Å². The summed E-state index contributed by atoms with van der Waals surface area (Å²) < 4.78 is 2.05. The number of rotatable bonds is 3. The zero-order valence-corrected chi connectivity index (χ0v) is 12.3. The molecule has 0 aliphatic carbocycles. The van der Waals surface area contributed by atoms with Crippen LogP contribution in [0.2, 0.25) is 5.02 Å². The molecular weight excluding hydrogens is 280 g/mol. The Kier molecular flexibility index (Phi) is 3.66. The molecule has 4 nitrogen and oxygen atoms in total. The van der Waals surface area contributed by atoms with Crippen molar-refractivity contribution in [1.82, 2.24) is 14.8 Å². The number of thioether (sulfide) groups is 1. The summed E-state index contributed by atoms with van der Waals surface area (Å²) in [5.74, 6) is 0.898. The summed E-state index contributed by atoms with van der Waals surface area (Å²) in [5, 5.41) is 10.2. The van der Waals surface area contributed by atoms with Gasteiger partial charge in [0, 0.05) is 13.1 Å². The van der Waals surface area contributed by atoms with E-state index in [2.05, 4.69) is 19.7 Å². The largest absolute Gasteiger partial charge is 0.341 e. The van der Waals surface area contributed by atoms with Crippen molar-refractivity contribution in [1.29, 1.82) is 0 Å². The third kappa shape index (κ3) is 2.32. The Labute approximate surface area is 121 Å². The zero-order valence-electron chi connectivity index (χ0n) is 10.7. The summed E-state index contributed by atoms with van der Waals surface area (Å²) in [6.45, 7) is 2.08. The Morgan fingerprint density at radius 3 is 2.58 bits per heavy atom. The van der Waals surface area contributed by atoms with E-state index in [0.29, 0.717) is 0 Å². The van der Waals surface area contributed by atoms with Gasteiger partial charge in [-0.25, -0.2) is 0 Å². The molecule has 1 fully saturated rings. The van der Waals surface area contributed by atoms with E-state index in [1.165, 1.54) is 12.8 Å². The van der Waals surface area contributed by atoms with Crippen molar-refractivity contribution in [2.45, 2.75) is 18.0 Å². The lowest BCUT2D eigenvalue weighted by Gasteiger charge is -2.18. The third-order valence-corrected chi connectivity index (χ3v) is 4.23. The standard InChI is InChI=1S/C13H15ClN4S/c1-19-13-16-15-12(17-8-4-5-9-17)18(13)11-7-3-2-6-10(11)14/h2-3,6-7H,4-5,8-9H2,1H3. The molecule has 0 spiro atoms. The minimum Gasteiger partial charge on any atom is -0.341 e. The maximum absolute atomic E-state index is 6.32. The normalized spacial score (nSPS) is 15.2. The predicted octanol–water partition coefficient (Wildman–Crippen LogP) is 3.24. The first-order valence-corrected chi connectivity index (χ1v) is 7.91. The third-order valence-electron chi connectivity index (χ3n) is 3.28. The van der Waals surface area contributed by atoms with Crippen molar-refractivity contribution in [3.8, 4) is 5.69 Å². The number of nitrogens with zero attached hydrogens (tertiary/aromatic N) is 4. The molecule has 100 valence electrons. The molecule has 0 radical (unpaired) electrons. The Bertz CT molecular complexity index is 578. The van der Waals surface area contributed by atoms with Crippen LogP contribution in [0.5, 0.6) is 0 Å². The number of halogens is 1. The number of hydrogen-bond donors (Lipinski definition) is 0. The van der Waals surface area contributed by atoms with Crippen LogP contribution in [0, 0.1) is 0 Å². The van der Waals surface area contributed by atoms with Gasteiger partial charge in [-0.1, -0.05) is 35.5 Å². The zero-order chi connectivity index (χ0) is 13.2. The molecule has 2 aromatic rings. The van der Waals surface area contributed by atoms with Crippen molar-refractivity contribution in [2.24, 2.45) is 0 Å². The highest BCUT2D eigenvalue weighted by Gasteiger charge is 2.22. The highest BCUT2D eigenvalue weighted by Crippen LogP contribution is 2.30. The van der Waals surface area contributed by atoms with Crippen LogP contribution in [0.3, 0.4) is 0 Å². The number of aromatic nitrogens is 3. The Morgan fingerprint density at radius 2 is 1.89 bits per heavy atom. The molecule has 0 bridgehead atoms. The van der Waals surface area contributed by atoms with Gasteiger partial charge in [0.05, 0.1) is 10.7 Å². The highest BCUT2D eigenvalue weighted by atomic mass is 35.5. The van der Waals surface area contributed by atoms with Gasteiger partial charge in [-0.15, -0.1) is 10.2 Å². The van der Waals surface area contributed by atoms with Crippen LogP contribution < -0.4 is 4.90 Å². The lowest BCUT2D eigenvalue weighted by Crippen LogP contribution is -2.22. The Hall–Kier alpha value is -1.20. The molecule has 1 aromatic carbocycles. The van der Waals surface area contributed by atoms with E-state index < -0.39 is 0 Å². The average Bonchev–Trinajstić information content (AvgIpc) is 3.07. The van der Waals surface area contributed by atoms with Gasteiger partial charge in [0.25, 0.3) is 0 Å². The van der Waals surface area contributed by atoms with Crippen LogP contribution in [0.4, 0.5) is 5.95 Å². The fourth-order valence-electron chi connectivity index (χ4n) is 2.36. The van der Waals surface area contributed by atoms with Gasteiger partial charge in [-0.2, -0.15) is 0 Å². The molecular formula is C13H15ClN4S. The van der Waals surface area contributed by atoms with Gasteiger partial charge < -0.3 is 4.90 Å². The van der Waals surface area contributed by atoms with Crippen LogP contribution in [-0.2, 0) is 0 Å². The first-order valence-electron chi connectivity index (χ1n) is 6.30. The lowest BCUT2D eigenvalue weighted by atomic mass is 10.3. The molecule has 1 aromatic heterocycles.